The first-order valence-corrected chi connectivity index (χ1v) is 5.79. The summed E-state index contributed by atoms with van der Waals surface area (Å²) < 4.78 is 0. The zero-order valence-electron chi connectivity index (χ0n) is 7.81. The standard InChI is InChI=1S/C11H12N2S/c1-2-4-8-9-6-12-7-13-11(9)14-10(8)5-3-1/h1-3,5-6,9,11,13H,4,7H2. The van der Waals surface area contributed by atoms with Crippen LogP contribution in [0, 0.1) is 5.92 Å². The van der Waals surface area contributed by atoms with Crippen LogP contribution in [-0.2, 0) is 0 Å². The second-order valence-electron chi connectivity index (χ2n) is 3.64. The summed E-state index contributed by atoms with van der Waals surface area (Å²) in [7, 11) is 0. The lowest BCUT2D eigenvalue weighted by Gasteiger charge is -2.22. The van der Waals surface area contributed by atoms with Crippen LogP contribution in [0.1, 0.15) is 6.42 Å². The normalized spacial score (nSPS) is 34.3. The Morgan fingerprint density at radius 3 is 3.43 bits per heavy atom. The van der Waals surface area contributed by atoms with Crippen molar-refractivity contribution in [3.8, 4) is 0 Å². The first kappa shape index (κ1) is 8.50. The van der Waals surface area contributed by atoms with E-state index in [0.29, 0.717) is 11.3 Å². The molecule has 0 aromatic rings. The fourth-order valence-corrected chi connectivity index (χ4v) is 3.42. The molecule has 0 amide bonds. The first-order valence-electron chi connectivity index (χ1n) is 4.91. The van der Waals surface area contributed by atoms with Crippen LogP contribution in [0.2, 0.25) is 0 Å². The van der Waals surface area contributed by atoms with Gasteiger partial charge in [-0.1, -0.05) is 18.2 Å². The van der Waals surface area contributed by atoms with Gasteiger partial charge in [-0.2, -0.15) is 0 Å². The van der Waals surface area contributed by atoms with E-state index in [4.69, 9.17) is 0 Å². The summed E-state index contributed by atoms with van der Waals surface area (Å²) in [6.45, 7) is 0.772. The largest absolute Gasteiger partial charge is 0.285 e. The molecule has 0 aromatic heterocycles. The number of nitrogens with one attached hydrogen (secondary N) is 1. The molecule has 1 aliphatic carbocycles. The lowest BCUT2D eigenvalue weighted by atomic mass is 9.96. The summed E-state index contributed by atoms with van der Waals surface area (Å²) in [4.78, 5) is 5.75. The van der Waals surface area contributed by atoms with Gasteiger partial charge >= 0.3 is 0 Å². The van der Waals surface area contributed by atoms with Gasteiger partial charge in [0, 0.05) is 17.0 Å². The third-order valence-corrected chi connectivity index (χ3v) is 4.15. The van der Waals surface area contributed by atoms with Crippen molar-refractivity contribution >= 4 is 18.0 Å². The van der Waals surface area contributed by atoms with Crippen LogP contribution < -0.4 is 5.32 Å². The van der Waals surface area contributed by atoms with Crippen molar-refractivity contribution < 1.29 is 0 Å². The molecule has 2 nitrogen and oxygen atoms in total. The molecule has 2 aliphatic heterocycles. The summed E-state index contributed by atoms with van der Waals surface area (Å²) in [6, 6.07) is 0. The lowest BCUT2D eigenvalue weighted by Crippen LogP contribution is -2.36. The predicted molar refractivity (Wildman–Crippen MR) is 61.3 cm³/mol. The average molecular weight is 204 g/mol. The Bertz CT molecular complexity index is 365. The number of aliphatic imine (C=N–C) groups is 1. The minimum absolute atomic E-state index is 0.510. The quantitative estimate of drug-likeness (QED) is 0.653. The number of allylic oxidation sites excluding steroid dienone is 4. The zero-order chi connectivity index (χ0) is 9.38. The third kappa shape index (κ3) is 1.28. The topological polar surface area (TPSA) is 24.4 Å². The van der Waals surface area contributed by atoms with Gasteiger partial charge in [0.1, 0.15) is 0 Å². The Hall–Kier alpha value is -0.800. The molecular formula is C11H12N2S. The molecule has 0 fully saturated rings. The van der Waals surface area contributed by atoms with Gasteiger partial charge in [-0.3, -0.25) is 10.3 Å². The van der Waals surface area contributed by atoms with Gasteiger partial charge in [-0.05, 0) is 18.1 Å². The van der Waals surface area contributed by atoms with Gasteiger partial charge in [0.15, 0.2) is 0 Å². The minimum Gasteiger partial charge on any atom is -0.285 e. The van der Waals surface area contributed by atoms with Crippen molar-refractivity contribution in [3.63, 3.8) is 0 Å². The van der Waals surface area contributed by atoms with Crippen molar-refractivity contribution in [3.05, 3.63) is 34.8 Å². The highest BCUT2D eigenvalue weighted by atomic mass is 32.2. The van der Waals surface area contributed by atoms with Crippen molar-refractivity contribution in [2.75, 3.05) is 6.67 Å². The van der Waals surface area contributed by atoms with E-state index in [9.17, 15) is 0 Å². The van der Waals surface area contributed by atoms with Crippen molar-refractivity contribution in [1.82, 2.24) is 5.32 Å². The third-order valence-electron chi connectivity index (χ3n) is 2.78. The molecule has 2 heterocycles. The molecular weight excluding hydrogens is 192 g/mol. The number of hydrogen-bond donors (Lipinski definition) is 1. The van der Waals surface area contributed by atoms with Gasteiger partial charge < -0.3 is 0 Å². The van der Waals surface area contributed by atoms with Crippen LogP contribution in [0.25, 0.3) is 0 Å². The lowest BCUT2D eigenvalue weighted by molar-refractivity contribution is 0.582. The van der Waals surface area contributed by atoms with E-state index in [2.05, 4.69) is 40.8 Å². The molecule has 0 radical (unpaired) electrons. The molecule has 0 spiro atoms. The second-order valence-corrected chi connectivity index (χ2v) is 4.82. The van der Waals surface area contributed by atoms with Gasteiger partial charge in [0.05, 0.1) is 12.0 Å². The van der Waals surface area contributed by atoms with E-state index >= 15 is 0 Å². The van der Waals surface area contributed by atoms with Crippen molar-refractivity contribution in [2.24, 2.45) is 10.9 Å². The fraction of sp³-hybridized carbons (Fsp3) is 0.364. The van der Waals surface area contributed by atoms with Crippen LogP contribution in [0.3, 0.4) is 0 Å². The number of thioether (sulfide) groups is 1. The Labute approximate surface area is 87.9 Å². The van der Waals surface area contributed by atoms with Gasteiger partial charge in [-0.15, -0.1) is 11.8 Å². The first-order chi connectivity index (χ1) is 6.95. The predicted octanol–water partition coefficient (Wildman–Crippen LogP) is 2.08. The molecule has 1 N–H and O–H groups in total. The Morgan fingerprint density at radius 2 is 2.43 bits per heavy atom. The average Bonchev–Trinajstić information content (AvgIpc) is 2.42. The van der Waals surface area contributed by atoms with Crippen LogP contribution in [-0.4, -0.2) is 18.3 Å². The highest BCUT2D eigenvalue weighted by molar-refractivity contribution is 8.04. The van der Waals surface area contributed by atoms with Crippen molar-refractivity contribution in [2.45, 2.75) is 11.8 Å². The molecule has 0 saturated carbocycles. The van der Waals surface area contributed by atoms with Crippen LogP contribution in [0.15, 0.2) is 39.8 Å². The number of fused-ring (bicyclic) bond motifs is 2. The summed E-state index contributed by atoms with van der Waals surface area (Å²) in [5.74, 6) is 0.510. The van der Waals surface area contributed by atoms with Crippen LogP contribution in [0.4, 0.5) is 0 Å². The monoisotopic (exact) mass is 204 g/mol. The Kier molecular flexibility index (Phi) is 2.07. The number of nitrogens with zero attached hydrogens (tertiary/aromatic N) is 1. The summed E-state index contributed by atoms with van der Waals surface area (Å²) in [5.41, 5.74) is 1.53. The summed E-state index contributed by atoms with van der Waals surface area (Å²) in [6.07, 6.45) is 11.9. The highest BCUT2D eigenvalue weighted by Gasteiger charge is 2.34. The molecule has 3 rings (SSSR count). The van der Waals surface area contributed by atoms with Gasteiger partial charge in [0.25, 0.3) is 0 Å². The molecule has 2 atom stereocenters. The molecule has 0 aromatic carbocycles. The van der Waals surface area contributed by atoms with E-state index in [0.717, 1.165) is 13.1 Å². The van der Waals surface area contributed by atoms with Crippen LogP contribution in [0.5, 0.6) is 0 Å². The second kappa shape index (κ2) is 3.41. The Balaban J connectivity index is 1.97. The molecule has 72 valence electrons. The summed E-state index contributed by atoms with van der Waals surface area (Å²) >= 11 is 1.94. The van der Waals surface area contributed by atoms with Gasteiger partial charge in [-0.25, -0.2) is 0 Å². The zero-order valence-corrected chi connectivity index (χ0v) is 8.63. The highest BCUT2D eigenvalue weighted by Crippen LogP contribution is 2.43. The Morgan fingerprint density at radius 1 is 1.43 bits per heavy atom. The van der Waals surface area contributed by atoms with E-state index in [1.54, 1.807) is 0 Å². The van der Waals surface area contributed by atoms with E-state index in [1.807, 2.05) is 11.8 Å². The smallest absolute Gasteiger partial charge is 0.0889 e. The minimum atomic E-state index is 0.510. The van der Waals surface area contributed by atoms with E-state index in [1.165, 1.54) is 10.5 Å². The maximum absolute atomic E-state index is 4.31. The molecule has 2 unspecified atom stereocenters. The molecule has 14 heavy (non-hydrogen) atoms. The van der Waals surface area contributed by atoms with E-state index < -0.39 is 0 Å². The summed E-state index contributed by atoms with van der Waals surface area (Å²) in [5, 5.41) is 3.95. The number of rotatable bonds is 0. The van der Waals surface area contributed by atoms with Gasteiger partial charge in [0.2, 0.25) is 0 Å². The number of hydrogen-bond acceptors (Lipinski definition) is 3. The van der Waals surface area contributed by atoms with Crippen LogP contribution >= 0.6 is 11.8 Å². The fourth-order valence-electron chi connectivity index (χ4n) is 2.08. The molecule has 3 aliphatic rings. The molecule has 0 saturated heterocycles. The van der Waals surface area contributed by atoms with Crippen molar-refractivity contribution in [1.29, 1.82) is 0 Å². The maximum Gasteiger partial charge on any atom is 0.0889 e. The molecule has 0 bridgehead atoms. The maximum atomic E-state index is 4.31. The van der Waals surface area contributed by atoms with E-state index in [-0.39, 0.29) is 0 Å². The molecule has 3 heteroatoms. The SMILES string of the molecule is C1=CCC2=C(C=C1)SC1NCN=CC21.